The number of fused-ring (bicyclic) bond motifs is 1. The summed E-state index contributed by atoms with van der Waals surface area (Å²) in [6, 6.07) is 19.1. The zero-order valence-corrected chi connectivity index (χ0v) is 18.6. The van der Waals surface area contributed by atoms with Gasteiger partial charge in [0.05, 0.1) is 27.8 Å². The van der Waals surface area contributed by atoms with Crippen LogP contribution in [0.4, 0.5) is 11.4 Å². The number of anilines is 1. The lowest BCUT2D eigenvalue weighted by Gasteiger charge is -2.17. The van der Waals surface area contributed by atoms with E-state index < -0.39 is 40.8 Å². The Kier molecular flexibility index (Phi) is 6.36. The second-order valence-corrected chi connectivity index (χ2v) is 7.85. The normalized spacial score (nSPS) is 13.2. The van der Waals surface area contributed by atoms with Crippen LogP contribution in [0, 0.1) is 10.1 Å². The predicted molar refractivity (Wildman–Crippen MR) is 126 cm³/mol. The number of nitrogens with one attached hydrogen (secondary N) is 2. The van der Waals surface area contributed by atoms with Crippen LogP contribution in [-0.2, 0) is 4.79 Å². The maximum absolute atomic E-state index is 12.9. The van der Waals surface area contributed by atoms with Gasteiger partial charge >= 0.3 is 0 Å². The fourth-order valence-electron chi connectivity index (χ4n) is 3.83. The van der Waals surface area contributed by atoms with Crippen molar-refractivity contribution in [3.8, 4) is 0 Å². The highest BCUT2D eigenvalue weighted by molar-refractivity contribution is 6.24. The molecule has 176 valence electrons. The van der Waals surface area contributed by atoms with Crippen molar-refractivity contribution in [3.05, 3.63) is 105 Å². The molecule has 0 spiro atoms. The van der Waals surface area contributed by atoms with Gasteiger partial charge in [-0.2, -0.15) is 0 Å². The van der Waals surface area contributed by atoms with Gasteiger partial charge in [0.1, 0.15) is 12.1 Å². The van der Waals surface area contributed by atoms with Crippen molar-refractivity contribution >= 4 is 35.0 Å². The van der Waals surface area contributed by atoms with Gasteiger partial charge in [-0.15, -0.1) is 0 Å². The molecule has 3 aromatic carbocycles. The molecule has 0 radical (unpaired) electrons. The minimum Gasteiger partial charge on any atom is -0.345 e. The number of carbonyl (C=O) groups is 4. The Balaban J connectivity index is 1.48. The minimum absolute atomic E-state index is 0.133. The molecule has 3 aromatic rings. The number of nitro groups is 1. The van der Waals surface area contributed by atoms with E-state index in [2.05, 4.69) is 10.6 Å². The first-order chi connectivity index (χ1) is 16.8. The number of rotatable bonds is 7. The molecule has 1 atom stereocenters. The van der Waals surface area contributed by atoms with Gasteiger partial charge in [-0.25, -0.2) is 0 Å². The van der Waals surface area contributed by atoms with Gasteiger partial charge < -0.3 is 10.6 Å². The molecular formula is C25H20N4O6. The number of benzene rings is 3. The van der Waals surface area contributed by atoms with Crippen molar-refractivity contribution in [2.45, 2.75) is 13.0 Å². The van der Waals surface area contributed by atoms with E-state index in [1.54, 1.807) is 12.1 Å². The van der Waals surface area contributed by atoms with E-state index in [9.17, 15) is 29.3 Å². The Bertz CT molecular complexity index is 1360. The number of nitrogens with zero attached hydrogens (tertiary/aromatic N) is 2. The number of hydrogen-bond acceptors (Lipinski definition) is 6. The molecule has 4 amide bonds. The molecule has 0 aromatic heterocycles. The molecule has 10 heteroatoms. The van der Waals surface area contributed by atoms with Crippen molar-refractivity contribution in [2.75, 3.05) is 11.9 Å². The molecule has 2 N–H and O–H groups in total. The fraction of sp³-hybridized carbons (Fsp3) is 0.120. The molecule has 4 rings (SSSR count). The predicted octanol–water partition coefficient (Wildman–Crippen LogP) is 3.32. The summed E-state index contributed by atoms with van der Waals surface area (Å²) in [6.45, 7) is 1.16. The highest BCUT2D eigenvalue weighted by atomic mass is 16.6. The van der Waals surface area contributed by atoms with Crippen LogP contribution in [0.15, 0.2) is 72.8 Å². The van der Waals surface area contributed by atoms with Crippen molar-refractivity contribution < 1.29 is 24.1 Å². The van der Waals surface area contributed by atoms with Crippen LogP contribution < -0.4 is 10.6 Å². The molecule has 0 bridgehead atoms. The van der Waals surface area contributed by atoms with Gasteiger partial charge in [0.25, 0.3) is 23.4 Å². The summed E-state index contributed by atoms with van der Waals surface area (Å²) in [5.74, 6) is -2.88. The number of amides is 4. The molecule has 0 aliphatic carbocycles. The number of nitro benzene ring substituents is 1. The standard InChI is InChI=1S/C25H20N4O6/c1-15(16-8-3-2-4-9-16)26-23(31)17-10-5-6-12-19(17)27-21(30)14-28-24(32)18-11-7-13-20(29(34)35)22(18)25(28)33/h2-13,15H,14H2,1H3,(H,26,31)(H,27,30). The second-order valence-electron chi connectivity index (χ2n) is 7.85. The third-order valence-corrected chi connectivity index (χ3v) is 5.57. The van der Waals surface area contributed by atoms with Crippen LogP contribution in [0.1, 0.15) is 49.6 Å². The average Bonchev–Trinajstić information content (AvgIpc) is 3.09. The number of para-hydroxylation sites is 1. The third kappa shape index (κ3) is 4.62. The van der Waals surface area contributed by atoms with Crippen molar-refractivity contribution in [3.63, 3.8) is 0 Å². The van der Waals surface area contributed by atoms with Crippen LogP contribution >= 0.6 is 0 Å². The zero-order chi connectivity index (χ0) is 25.1. The maximum Gasteiger partial charge on any atom is 0.282 e. The minimum atomic E-state index is -0.921. The summed E-state index contributed by atoms with van der Waals surface area (Å²) >= 11 is 0. The van der Waals surface area contributed by atoms with Gasteiger partial charge in [0.15, 0.2) is 0 Å². The summed E-state index contributed by atoms with van der Waals surface area (Å²) in [4.78, 5) is 62.1. The lowest BCUT2D eigenvalue weighted by molar-refractivity contribution is -0.385. The highest BCUT2D eigenvalue weighted by Crippen LogP contribution is 2.30. The first-order valence-corrected chi connectivity index (χ1v) is 10.7. The van der Waals surface area contributed by atoms with Crippen LogP contribution in [0.2, 0.25) is 0 Å². The highest BCUT2D eigenvalue weighted by Gasteiger charge is 2.41. The van der Waals surface area contributed by atoms with E-state index in [1.165, 1.54) is 24.3 Å². The summed E-state index contributed by atoms with van der Waals surface area (Å²) in [5, 5.41) is 16.7. The van der Waals surface area contributed by atoms with E-state index in [1.807, 2.05) is 37.3 Å². The zero-order valence-electron chi connectivity index (χ0n) is 18.6. The molecular weight excluding hydrogens is 452 g/mol. The molecule has 0 saturated heterocycles. The summed E-state index contributed by atoms with van der Waals surface area (Å²) in [5.41, 5.74) is 0.316. The Labute approximate surface area is 199 Å². The Morgan fingerprint density at radius 1 is 0.943 bits per heavy atom. The second kappa shape index (κ2) is 9.56. The van der Waals surface area contributed by atoms with Crippen LogP contribution in [0.3, 0.4) is 0 Å². The molecule has 1 heterocycles. The van der Waals surface area contributed by atoms with E-state index in [4.69, 9.17) is 0 Å². The quantitative estimate of drug-likeness (QED) is 0.307. The number of carbonyl (C=O) groups excluding carboxylic acids is 4. The first-order valence-electron chi connectivity index (χ1n) is 10.7. The van der Waals surface area contributed by atoms with E-state index in [0.717, 1.165) is 11.6 Å². The van der Waals surface area contributed by atoms with E-state index in [-0.39, 0.29) is 28.4 Å². The number of hydrogen-bond donors (Lipinski definition) is 2. The summed E-state index contributed by atoms with van der Waals surface area (Å²) in [6.07, 6.45) is 0. The maximum atomic E-state index is 12.9. The molecule has 1 aliphatic rings. The summed E-state index contributed by atoms with van der Waals surface area (Å²) < 4.78 is 0. The SMILES string of the molecule is CC(NC(=O)c1ccccc1NC(=O)CN1C(=O)c2cccc([N+](=O)[O-])c2C1=O)c1ccccc1. The fourth-order valence-corrected chi connectivity index (χ4v) is 3.83. The molecule has 1 aliphatic heterocycles. The Hall–Kier alpha value is -4.86. The van der Waals surface area contributed by atoms with E-state index in [0.29, 0.717) is 4.90 Å². The number of imide groups is 1. The average molecular weight is 472 g/mol. The van der Waals surface area contributed by atoms with Gasteiger partial charge in [0, 0.05) is 6.07 Å². The van der Waals surface area contributed by atoms with Crippen molar-refractivity contribution in [1.29, 1.82) is 0 Å². The lowest BCUT2D eigenvalue weighted by atomic mass is 10.1. The third-order valence-electron chi connectivity index (χ3n) is 5.57. The Morgan fingerprint density at radius 3 is 2.34 bits per heavy atom. The monoisotopic (exact) mass is 472 g/mol. The molecule has 10 nitrogen and oxygen atoms in total. The largest absolute Gasteiger partial charge is 0.345 e. The molecule has 0 saturated carbocycles. The van der Waals surface area contributed by atoms with Gasteiger partial charge in [-0.3, -0.25) is 34.2 Å². The first kappa shape index (κ1) is 23.3. The van der Waals surface area contributed by atoms with E-state index >= 15 is 0 Å². The van der Waals surface area contributed by atoms with Crippen LogP contribution in [0.5, 0.6) is 0 Å². The topological polar surface area (TPSA) is 139 Å². The van der Waals surface area contributed by atoms with Crippen LogP contribution in [0.25, 0.3) is 0 Å². The van der Waals surface area contributed by atoms with Crippen molar-refractivity contribution in [2.24, 2.45) is 0 Å². The van der Waals surface area contributed by atoms with Gasteiger partial charge in [0.2, 0.25) is 5.91 Å². The van der Waals surface area contributed by atoms with Gasteiger partial charge in [-0.05, 0) is 30.7 Å². The van der Waals surface area contributed by atoms with Gasteiger partial charge in [-0.1, -0.05) is 48.5 Å². The molecule has 1 unspecified atom stereocenters. The molecule has 35 heavy (non-hydrogen) atoms. The smallest absolute Gasteiger partial charge is 0.282 e. The van der Waals surface area contributed by atoms with Crippen LogP contribution in [-0.4, -0.2) is 40.0 Å². The summed E-state index contributed by atoms with van der Waals surface area (Å²) in [7, 11) is 0. The molecule has 0 fully saturated rings. The lowest BCUT2D eigenvalue weighted by Crippen LogP contribution is -2.37. The van der Waals surface area contributed by atoms with Crippen molar-refractivity contribution in [1.82, 2.24) is 10.2 Å². The Morgan fingerprint density at radius 2 is 1.63 bits per heavy atom.